The summed E-state index contributed by atoms with van der Waals surface area (Å²) in [5, 5.41) is 0. The van der Waals surface area contributed by atoms with Crippen molar-refractivity contribution in [2.75, 3.05) is 0 Å². The molecule has 0 aromatic rings. The SMILES string of the molecule is C/C=C\C1C(C)C(/C=C2/C[C@@]3(C)CC23)C1C(N)=O. The Balaban J connectivity index is 1.74. The minimum atomic E-state index is -0.129. The monoisotopic (exact) mass is 245 g/mol. The molecule has 3 aliphatic rings. The maximum absolute atomic E-state index is 11.6. The lowest BCUT2D eigenvalue weighted by Crippen LogP contribution is -2.50. The zero-order valence-corrected chi connectivity index (χ0v) is 11.5. The van der Waals surface area contributed by atoms with Crippen molar-refractivity contribution in [3.63, 3.8) is 0 Å². The van der Waals surface area contributed by atoms with E-state index in [2.05, 4.69) is 26.0 Å². The molecule has 0 saturated heterocycles. The molecule has 2 heteroatoms. The highest BCUT2D eigenvalue weighted by Gasteiger charge is 2.61. The van der Waals surface area contributed by atoms with Crippen molar-refractivity contribution in [3.8, 4) is 0 Å². The van der Waals surface area contributed by atoms with Crippen molar-refractivity contribution in [1.82, 2.24) is 0 Å². The average molecular weight is 245 g/mol. The van der Waals surface area contributed by atoms with Crippen molar-refractivity contribution in [2.45, 2.75) is 33.6 Å². The number of primary amides is 1. The average Bonchev–Trinajstić information content (AvgIpc) is 2.85. The molecule has 0 aromatic carbocycles. The van der Waals surface area contributed by atoms with E-state index in [9.17, 15) is 4.79 Å². The van der Waals surface area contributed by atoms with Crippen LogP contribution in [0.2, 0.25) is 0 Å². The van der Waals surface area contributed by atoms with E-state index in [0.717, 1.165) is 5.92 Å². The highest BCUT2D eigenvalue weighted by molar-refractivity contribution is 5.79. The molecular weight excluding hydrogens is 222 g/mol. The summed E-state index contributed by atoms with van der Waals surface area (Å²) in [6, 6.07) is 0. The zero-order valence-electron chi connectivity index (χ0n) is 11.5. The molecule has 0 spiro atoms. The van der Waals surface area contributed by atoms with Crippen LogP contribution in [0.3, 0.4) is 0 Å². The number of fused-ring (bicyclic) bond motifs is 1. The van der Waals surface area contributed by atoms with E-state index in [4.69, 9.17) is 5.73 Å². The van der Waals surface area contributed by atoms with Gasteiger partial charge in [-0.3, -0.25) is 4.79 Å². The number of amides is 1. The largest absolute Gasteiger partial charge is 0.369 e. The lowest BCUT2D eigenvalue weighted by atomic mass is 9.56. The lowest BCUT2D eigenvalue weighted by molar-refractivity contribution is -0.131. The van der Waals surface area contributed by atoms with E-state index in [1.54, 1.807) is 5.57 Å². The first-order valence-corrected chi connectivity index (χ1v) is 7.10. The fourth-order valence-electron chi connectivity index (χ4n) is 4.24. The van der Waals surface area contributed by atoms with Crippen LogP contribution in [0, 0.1) is 35.0 Å². The zero-order chi connectivity index (χ0) is 13.1. The van der Waals surface area contributed by atoms with Gasteiger partial charge in [0.2, 0.25) is 5.91 Å². The Hall–Kier alpha value is -1.05. The Morgan fingerprint density at radius 1 is 1.44 bits per heavy atom. The molecule has 18 heavy (non-hydrogen) atoms. The Kier molecular flexibility index (Phi) is 2.48. The van der Waals surface area contributed by atoms with Crippen molar-refractivity contribution in [3.05, 3.63) is 23.8 Å². The minimum absolute atomic E-state index is 0.0225. The van der Waals surface area contributed by atoms with Crippen LogP contribution < -0.4 is 5.73 Å². The highest BCUT2D eigenvalue weighted by Crippen LogP contribution is 2.70. The molecule has 0 heterocycles. The van der Waals surface area contributed by atoms with Crippen molar-refractivity contribution in [1.29, 1.82) is 0 Å². The summed E-state index contributed by atoms with van der Waals surface area (Å²) >= 11 is 0. The first kappa shape index (κ1) is 12.0. The predicted octanol–water partition coefficient (Wildman–Crippen LogP) is 2.90. The van der Waals surface area contributed by atoms with Crippen LogP contribution in [0.4, 0.5) is 0 Å². The molecule has 6 atom stereocenters. The summed E-state index contributed by atoms with van der Waals surface area (Å²) in [6.45, 7) is 6.63. The quantitative estimate of drug-likeness (QED) is 0.763. The molecule has 98 valence electrons. The summed E-state index contributed by atoms with van der Waals surface area (Å²) in [6.07, 6.45) is 9.19. The fourth-order valence-corrected chi connectivity index (χ4v) is 4.24. The molecule has 3 aliphatic carbocycles. The molecule has 0 aliphatic heterocycles. The third-order valence-corrected chi connectivity index (χ3v) is 5.60. The summed E-state index contributed by atoms with van der Waals surface area (Å²) in [7, 11) is 0. The number of hydrogen-bond acceptors (Lipinski definition) is 1. The smallest absolute Gasteiger partial charge is 0.221 e. The van der Waals surface area contributed by atoms with Crippen molar-refractivity contribution >= 4 is 5.91 Å². The van der Waals surface area contributed by atoms with Gasteiger partial charge in [0.1, 0.15) is 0 Å². The van der Waals surface area contributed by atoms with E-state index >= 15 is 0 Å². The van der Waals surface area contributed by atoms with Gasteiger partial charge in [-0.05, 0) is 48.9 Å². The summed E-state index contributed by atoms with van der Waals surface area (Å²) in [5.41, 5.74) is 7.80. The maximum Gasteiger partial charge on any atom is 0.221 e. The van der Waals surface area contributed by atoms with Crippen molar-refractivity contribution < 1.29 is 4.79 Å². The Bertz CT molecular complexity index is 450. The fraction of sp³-hybridized carbons (Fsp3) is 0.688. The van der Waals surface area contributed by atoms with Gasteiger partial charge in [0.25, 0.3) is 0 Å². The van der Waals surface area contributed by atoms with Gasteiger partial charge in [0.15, 0.2) is 0 Å². The first-order chi connectivity index (χ1) is 8.48. The molecular formula is C16H23NO. The van der Waals surface area contributed by atoms with E-state index in [1.165, 1.54) is 12.8 Å². The van der Waals surface area contributed by atoms with E-state index < -0.39 is 0 Å². The Morgan fingerprint density at radius 3 is 2.61 bits per heavy atom. The van der Waals surface area contributed by atoms with E-state index in [-0.39, 0.29) is 11.8 Å². The second-order valence-electron chi connectivity index (χ2n) is 6.80. The lowest BCUT2D eigenvalue weighted by Gasteiger charge is -2.47. The third-order valence-electron chi connectivity index (χ3n) is 5.60. The molecule has 1 amide bonds. The van der Waals surface area contributed by atoms with Gasteiger partial charge in [-0.1, -0.05) is 37.6 Å². The van der Waals surface area contributed by atoms with Crippen LogP contribution in [-0.4, -0.2) is 5.91 Å². The topological polar surface area (TPSA) is 43.1 Å². The highest BCUT2D eigenvalue weighted by atomic mass is 16.1. The first-order valence-electron chi connectivity index (χ1n) is 7.10. The summed E-state index contributed by atoms with van der Waals surface area (Å²) in [4.78, 5) is 11.6. The van der Waals surface area contributed by atoms with E-state index in [0.29, 0.717) is 23.2 Å². The standard InChI is InChI=1S/C16H23NO/c1-4-5-11-9(2)12(14(11)15(17)18)6-10-7-16(3)8-13(10)16/h4-6,9,11-14H,7-8H2,1-3H3,(H2,17,18)/b5-4-,10-6-/t9?,11?,12?,13?,14?,16-/m0/s1. The van der Waals surface area contributed by atoms with Crippen LogP contribution >= 0.6 is 0 Å². The van der Waals surface area contributed by atoms with Gasteiger partial charge in [0.05, 0.1) is 5.92 Å². The number of allylic oxidation sites excluding steroid dienone is 4. The molecule has 2 nitrogen and oxygen atoms in total. The minimum Gasteiger partial charge on any atom is -0.369 e. The number of carbonyl (C=O) groups is 1. The molecule has 3 fully saturated rings. The van der Waals surface area contributed by atoms with Crippen LogP contribution in [0.15, 0.2) is 23.8 Å². The van der Waals surface area contributed by atoms with E-state index in [1.807, 2.05) is 13.0 Å². The Morgan fingerprint density at radius 2 is 2.17 bits per heavy atom. The van der Waals surface area contributed by atoms with Gasteiger partial charge in [-0.25, -0.2) is 0 Å². The van der Waals surface area contributed by atoms with Gasteiger partial charge >= 0.3 is 0 Å². The van der Waals surface area contributed by atoms with Crippen LogP contribution in [0.25, 0.3) is 0 Å². The number of hydrogen-bond donors (Lipinski definition) is 1. The molecule has 3 saturated carbocycles. The molecule has 2 N–H and O–H groups in total. The van der Waals surface area contributed by atoms with Gasteiger partial charge in [0, 0.05) is 0 Å². The Labute approximate surface area is 109 Å². The number of nitrogens with two attached hydrogens (primary N) is 1. The van der Waals surface area contributed by atoms with Gasteiger partial charge in [-0.2, -0.15) is 0 Å². The number of carbonyl (C=O) groups excluding carboxylic acids is 1. The summed E-state index contributed by atoms with van der Waals surface area (Å²) in [5.74, 6) is 2.00. The van der Waals surface area contributed by atoms with Crippen LogP contribution in [0.1, 0.15) is 33.6 Å². The molecule has 5 unspecified atom stereocenters. The summed E-state index contributed by atoms with van der Waals surface area (Å²) < 4.78 is 0. The second kappa shape index (κ2) is 3.72. The molecule has 0 bridgehead atoms. The molecule has 3 rings (SSSR count). The van der Waals surface area contributed by atoms with Crippen LogP contribution in [-0.2, 0) is 4.79 Å². The van der Waals surface area contributed by atoms with Gasteiger partial charge < -0.3 is 5.73 Å². The molecule has 0 aromatic heterocycles. The second-order valence-corrected chi connectivity index (χ2v) is 6.80. The maximum atomic E-state index is 11.6. The number of rotatable bonds is 3. The normalized spacial score (nSPS) is 51.7. The molecule has 0 radical (unpaired) electrons. The van der Waals surface area contributed by atoms with Crippen molar-refractivity contribution in [2.24, 2.45) is 40.7 Å². The third kappa shape index (κ3) is 1.51. The van der Waals surface area contributed by atoms with Crippen LogP contribution in [0.5, 0.6) is 0 Å². The van der Waals surface area contributed by atoms with Gasteiger partial charge in [-0.15, -0.1) is 0 Å². The predicted molar refractivity (Wildman–Crippen MR) is 72.6 cm³/mol.